The minimum Gasteiger partial charge on any atom is -0.277 e. The van der Waals surface area contributed by atoms with Crippen LogP contribution in [0.2, 0.25) is 5.28 Å². The van der Waals surface area contributed by atoms with Crippen molar-refractivity contribution in [1.29, 1.82) is 5.26 Å². The lowest BCUT2D eigenvalue weighted by Crippen LogP contribution is -2.14. The van der Waals surface area contributed by atoms with Crippen molar-refractivity contribution in [2.45, 2.75) is 4.90 Å². The van der Waals surface area contributed by atoms with E-state index in [1.54, 1.807) is 6.07 Å². The zero-order chi connectivity index (χ0) is 14.8. The van der Waals surface area contributed by atoms with Gasteiger partial charge in [-0.15, -0.1) is 0 Å². The van der Waals surface area contributed by atoms with Gasteiger partial charge in [0.25, 0.3) is 10.0 Å². The Morgan fingerprint density at radius 1 is 1.30 bits per heavy atom. The first-order chi connectivity index (χ1) is 9.42. The van der Waals surface area contributed by atoms with Crippen LogP contribution in [0.3, 0.4) is 0 Å². The molecule has 0 atom stereocenters. The lowest BCUT2D eigenvalue weighted by Gasteiger charge is -2.08. The molecule has 1 aromatic carbocycles. The molecule has 6 nitrogen and oxygen atoms in total. The second kappa shape index (κ2) is 5.40. The average Bonchev–Trinajstić information content (AvgIpc) is 2.41. The van der Waals surface area contributed by atoms with Gasteiger partial charge in [0.15, 0.2) is 0 Å². The summed E-state index contributed by atoms with van der Waals surface area (Å²) in [6.07, 6.45) is 2.00. The summed E-state index contributed by atoms with van der Waals surface area (Å²) in [7, 11) is -4.03. The lowest BCUT2D eigenvalue weighted by molar-refractivity contribution is 0.597. The SMILES string of the molecule is N#Cc1ccc(NS(=O)(=O)c2cnc(Cl)nc2)c(F)c1. The molecule has 0 saturated carbocycles. The molecule has 2 rings (SSSR count). The van der Waals surface area contributed by atoms with Gasteiger partial charge in [-0.25, -0.2) is 22.8 Å². The molecule has 0 aliphatic heterocycles. The van der Waals surface area contributed by atoms with Crippen molar-refractivity contribution in [1.82, 2.24) is 9.97 Å². The van der Waals surface area contributed by atoms with E-state index >= 15 is 0 Å². The molecule has 9 heteroatoms. The van der Waals surface area contributed by atoms with E-state index in [9.17, 15) is 12.8 Å². The molecule has 20 heavy (non-hydrogen) atoms. The molecule has 0 saturated heterocycles. The zero-order valence-electron chi connectivity index (χ0n) is 9.71. The quantitative estimate of drug-likeness (QED) is 0.874. The van der Waals surface area contributed by atoms with Crippen LogP contribution in [-0.2, 0) is 10.0 Å². The molecule has 1 heterocycles. The maximum absolute atomic E-state index is 13.6. The first kappa shape index (κ1) is 14.2. The van der Waals surface area contributed by atoms with E-state index in [2.05, 4.69) is 9.97 Å². The summed E-state index contributed by atoms with van der Waals surface area (Å²) in [4.78, 5) is 6.81. The zero-order valence-corrected chi connectivity index (χ0v) is 11.3. The maximum atomic E-state index is 13.6. The van der Waals surface area contributed by atoms with Gasteiger partial charge in [-0.05, 0) is 29.8 Å². The Morgan fingerprint density at radius 3 is 2.50 bits per heavy atom. The molecule has 1 aromatic heterocycles. The highest BCUT2D eigenvalue weighted by Crippen LogP contribution is 2.19. The van der Waals surface area contributed by atoms with Gasteiger partial charge in [-0.1, -0.05) is 0 Å². The van der Waals surface area contributed by atoms with Crippen molar-refractivity contribution >= 4 is 27.3 Å². The van der Waals surface area contributed by atoms with Crippen molar-refractivity contribution in [2.24, 2.45) is 0 Å². The molecule has 0 unspecified atom stereocenters. The Morgan fingerprint density at radius 2 is 1.95 bits per heavy atom. The molecule has 2 aromatic rings. The Labute approximate surface area is 118 Å². The molecule has 0 spiro atoms. The van der Waals surface area contributed by atoms with Crippen LogP contribution in [0, 0.1) is 17.1 Å². The summed E-state index contributed by atoms with van der Waals surface area (Å²) in [6.45, 7) is 0. The number of anilines is 1. The van der Waals surface area contributed by atoms with E-state index in [1.807, 2.05) is 4.72 Å². The summed E-state index contributed by atoms with van der Waals surface area (Å²) in [6, 6.07) is 5.12. The van der Waals surface area contributed by atoms with Crippen molar-refractivity contribution in [3.8, 4) is 6.07 Å². The van der Waals surface area contributed by atoms with E-state index in [-0.39, 0.29) is 21.4 Å². The van der Waals surface area contributed by atoms with Crippen molar-refractivity contribution in [3.63, 3.8) is 0 Å². The van der Waals surface area contributed by atoms with Crippen molar-refractivity contribution in [2.75, 3.05) is 4.72 Å². The topological polar surface area (TPSA) is 95.7 Å². The monoisotopic (exact) mass is 312 g/mol. The number of hydrogen-bond donors (Lipinski definition) is 1. The molecule has 0 bridgehead atoms. The minimum atomic E-state index is -4.03. The molecular weight excluding hydrogens is 307 g/mol. The van der Waals surface area contributed by atoms with Gasteiger partial charge in [-0.3, -0.25) is 4.72 Å². The second-order valence-electron chi connectivity index (χ2n) is 3.60. The molecule has 0 fully saturated rings. The summed E-state index contributed by atoms with van der Waals surface area (Å²) in [5, 5.41) is 8.50. The van der Waals surface area contributed by atoms with Crippen molar-refractivity contribution in [3.05, 3.63) is 47.3 Å². The summed E-state index contributed by atoms with van der Waals surface area (Å²) in [5.41, 5.74) is -0.195. The van der Waals surface area contributed by atoms with E-state index < -0.39 is 15.8 Å². The lowest BCUT2D eigenvalue weighted by atomic mass is 10.2. The summed E-state index contributed by atoms with van der Waals surface area (Å²) < 4.78 is 39.6. The molecule has 0 aliphatic carbocycles. The number of rotatable bonds is 3. The highest BCUT2D eigenvalue weighted by atomic mass is 35.5. The fourth-order valence-corrected chi connectivity index (χ4v) is 2.36. The number of nitriles is 1. The molecular formula is C11H6ClFN4O2S. The van der Waals surface area contributed by atoms with Crippen LogP contribution in [0.5, 0.6) is 0 Å². The third-order valence-corrected chi connectivity index (χ3v) is 3.76. The molecule has 0 amide bonds. The van der Waals surface area contributed by atoms with Crippen LogP contribution in [0.4, 0.5) is 10.1 Å². The Bertz CT molecular complexity index is 787. The van der Waals surface area contributed by atoms with Crippen LogP contribution in [0.1, 0.15) is 5.56 Å². The number of nitrogens with zero attached hydrogens (tertiary/aromatic N) is 3. The number of sulfonamides is 1. The number of halogens is 2. The van der Waals surface area contributed by atoms with Crippen LogP contribution in [0.15, 0.2) is 35.5 Å². The smallest absolute Gasteiger partial charge is 0.265 e. The number of hydrogen-bond acceptors (Lipinski definition) is 5. The van der Waals surface area contributed by atoms with E-state index in [0.717, 1.165) is 24.5 Å². The third kappa shape index (κ3) is 3.01. The molecule has 102 valence electrons. The Kier molecular flexibility index (Phi) is 3.83. The molecule has 1 N–H and O–H groups in total. The van der Waals surface area contributed by atoms with Crippen LogP contribution in [-0.4, -0.2) is 18.4 Å². The van der Waals surface area contributed by atoms with Gasteiger partial charge in [0.1, 0.15) is 10.7 Å². The largest absolute Gasteiger partial charge is 0.277 e. The predicted octanol–water partition coefficient (Wildman–Crippen LogP) is 1.94. The van der Waals surface area contributed by atoms with Gasteiger partial charge >= 0.3 is 0 Å². The van der Waals surface area contributed by atoms with Gasteiger partial charge in [0, 0.05) is 0 Å². The van der Waals surface area contributed by atoms with Crippen molar-refractivity contribution < 1.29 is 12.8 Å². The number of benzene rings is 1. The van der Waals surface area contributed by atoms with Gasteiger partial charge < -0.3 is 0 Å². The molecule has 0 aliphatic rings. The van der Waals surface area contributed by atoms with E-state index in [0.29, 0.717) is 0 Å². The average molecular weight is 313 g/mol. The normalized spacial score (nSPS) is 10.8. The number of nitrogens with one attached hydrogen (secondary N) is 1. The second-order valence-corrected chi connectivity index (χ2v) is 5.62. The highest BCUT2D eigenvalue weighted by molar-refractivity contribution is 7.92. The van der Waals surface area contributed by atoms with Gasteiger partial charge in [-0.2, -0.15) is 5.26 Å². The standard InChI is InChI=1S/C11H6ClFN4O2S/c12-11-15-5-8(6-16-11)20(18,19)17-10-2-1-7(4-14)3-9(10)13/h1-3,5-6,17H. The predicted molar refractivity (Wildman–Crippen MR) is 69.0 cm³/mol. The minimum absolute atomic E-state index is 0.0836. The first-order valence-corrected chi connectivity index (χ1v) is 6.98. The van der Waals surface area contributed by atoms with Gasteiger partial charge in [0.2, 0.25) is 5.28 Å². The maximum Gasteiger partial charge on any atom is 0.265 e. The summed E-state index contributed by atoms with van der Waals surface area (Å²) >= 11 is 5.45. The number of aromatic nitrogens is 2. The first-order valence-electron chi connectivity index (χ1n) is 5.12. The van der Waals surface area contributed by atoms with E-state index in [4.69, 9.17) is 16.9 Å². The molecule has 0 radical (unpaired) electrons. The van der Waals surface area contributed by atoms with Crippen LogP contribution < -0.4 is 4.72 Å². The van der Waals surface area contributed by atoms with Gasteiger partial charge in [0.05, 0.1) is 29.7 Å². The van der Waals surface area contributed by atoms with Crippen LogP contribution >= 0.6 is 11.6 Å². The van der Waals surface area contributed by atoms with Crippen LogP contribution in [0.25, 0.3) is 0 Å². The summed E-state index contributed by atoms with van der Waals surface area (Å²) in [5.74, 6) is -0.859. The third-order valence-electron chi connectivity index (χ3n) is 2.25. The van der Waals surface area contributed by atoms with E-state index in [1.165, 1.54) is 6.07 Å². The Balaban J connectivity index is 2.34. The highest BCUT2D eigenvalue weighted by Gasteiger charge is 2.17. The fourth-order valence-electron chi connectivity index (χ4n) is 1.31. The Hall–Kier alpha value is -2.24. The fraction of sp³-hybridized carbons (Fsp3) is 0.